The number of rotatable bonds is 4. The number of hydrogen-bond donors (Lipinski definition) is 0. The Hall–Kier alpha value is -1.73. The quantitative estimate of drug-likeness (QED) is 0.441. The van der Waals surface area contributed by atoms with Crippen LogP contribution in [-0.4, -0.2) is 14.9 Å². The summed E-state index contributed by atoms with van der Waals surface area (Å²) in [6.45, 7) is 3.93. The molecule has 0 amide bonds. The van der Waals surface area contributed by atoms with Crippen molar-refractivity contribution in [1.29, 1.82) is 0 Å². The summed E-state index contributed by atoms with van der Waals surface area (Å²) in [5.74, 6) is 1.37. The first-order chi connectivity index (χ1) is 9.86. The first-order valence-corrected chi connectivity index (χ1v) is 7.20. The van der Waals surface area contributed by atoms with Crippen molar-refractivity contribution in [1.82, 2.24) is 9.97 Å². The Labute approximate surface area is 134 Å². The minimum atomic E-state index is -0.520. The summed E-state index contributed by atoms with van der Waals surface area (Å²) in [5.41, 5.74) is -0.0981. The average molecular weight is 373 g/mol. The van der Waals surface area contributed by atoms with Crippen LogP contribution in [0.5, 0.6) is 11.6 Å². The minimum absolute atomic E-state index is 0.0981. The lowest BCUT2D eigenvalue weighted by Crippen LogP contribution is -2.00. The molecule has 0 saturated carbocycles. The second-order valence-corrected chi connectivity index (χ2v) is 5.74. The fraction of sp³-hybridized carbons (Fsp3) is 0.231. The molecule has 1 aromatic carbocycles. The van der Waals surface area contributed by atoms with Crippen LogP contribution in [0, 0.1) is 10.1 Å². The molecule has 1 aromatic heterocycles. The number of halogens is 2. The molecule has 0 atom stereocenters. The summed E-state index contributed by atoms with van der Waals surface area (Å²) in [4.78, 5) is 18.7. The molecule has 110 valence electrons. The van der Waals surface area contributed by atoms with Crippen molar-refractivity contribution in [3.8, 4) is 11.6 Å². The lowest BCUT2D eigenvalue weighted by atomic mass is 10.2. The molecule has 2 aromatic rings. The summed E-state index contributed by atoms with van der Waals surface area (Å²) >= 11 is 9.27. The zero-order valence-corrected chi connectivity index (χ0v) is 13.6. The van der Waals surface area contributed by atoms with Gasteiger partial charge in [0.15, 0.2) is 0 Å². The fourth-order valence-electron chi connectivity index (χ4n) is 1.52. The van der Waals surface area contributed by atoms with Gasteiger partial charge in [-0.15, -0.1) is 0 Å². The van der Waals surface area contributed by atoms with E-state index >= 15 is 0 Å². The van der Waals surface area contributed by atoms with Gasteiger partial charge in [-0.1, -0.05) is 25.4 Å². The Balaban J connectivity index is 2.32. The maximum absolute atomic E-state index is 10.7. The smallest absolute Gasteiger partial charge is 0.271 e. The molecule has 0 unspecified atom stereocenters. The Morgan fingerprint density at radius 3 is 2.62 bits per heavy atom. The van der Waals surface area contributed by atoms with Gasteiger partial charge in [-0.2, -0.15) is 4.98 Å². The van der Waals surface area contributed by atoms with E-state index in [1.54, 1.807) is 6.07 Å². The average Bonchev–Trinajstić information content (AvgIpc) is 2.40. The van der Waals surface area contributed by atoms with Crippen molar-refractivity contribution in [2.45, 2.75) is 19.8 Å². The Bertz CT molecular complexity index is 694. The van der Waals surface area contributed by atoms with Crippen molar-refractivity contribution >= 4 is 33.2 Å². The van der Waals surface area contributed by atoms with Crippen LogP contribution < -0.4 is 4.74 Å². The number of nitro benzene ring substituents is 1. The van der Waals surface area contributed by atoms with E-state index in [0.717, 1.165) is 0 Å². The highest BCUT2D eigenvalue weighted by molar-refractivity contribution is 9.10. The summed E-state index contributed by atoms with van der Waals surface area (Å²) < 4.78 is 6.17. The molecule has 6 nitrogen and oxygen atoms in total. The summed E-state index contributed by atoms with van der Waals surface area (Å²) in [6.07, 6.45) is 0. The third kappa shape index (κ3) is 3.89. The molecule has 0 aliphatic rings. The van der Waals surface area contributed by atoms with Crippen molar-refractivity contribution in [2.24, 2.45) is 0 Å². The molecule has 0 aliphatic heterocycles. The van der Waals surface area contributed by atoms with E-state index < -0.39 is 4.92 Å². The van der Waals surface area contributed by atoms with E-state index in [2.05, 4.69) is 25.9 Å². The van der Waals surface area contributed by atoms with Crippen LogP contribution in [0.2, 0.25) is 5.02 Å². The maximum Gasteiger partial charge on any atom is 0.271 e. The Morgan fingerprint density at radius 1 is 1.33 bits per heavy atom. The first-order valence-electron chi connectivity index (χ1n) is 6.03. The van der Waals surface area contributed by atoms with Gasteiger partial charge in [-0.25, -0.2) is 4.98 Å². The molecule has 0 bridgehead atoms. The van der Waals surface area contributed by atoms with Crippen LogP contribution >= 0.6 is 27.5 Å². The van der Waals surface area contributed by atoms with E-state index in [9.17, 15) is 10.1 Å². The molecule has 0 aliphatic carbocycles. The van der Waals surface area contributed by atoms with E-state index in [1.807, 2.05) is 13.8 Å². The van der Waals surface area contributed by atoms with E-state index in [1.165, 1.54) is 18.2 Å². The zero-order chi connectivity index (χ0) is 15.6. The highest BCUT2D eigenvalue weighted by Crippen LogP contribution is 2.32. The number of nitro groups is 1. The molecule has 21 heavy (non-hydrogen) atoms. The maximum atomic E-state index is 10.7. The molecule has 0 N–H and O–H groups in total. The number of hydrogen-bond acceptors (Lipinski definition) is 5. The van der Waals surface area contributed by atoms with E-state index in [4.69, 9.17) is 16.3 Å². The minimum Gasteiger partial charge on any atom is -0.437 e. The lowest BCUT2D eigenvalue weighted by Gasteiger charge is -2.09. The highest BCUT2D eigenvalue weighted by Gasteiger charge is 2.13. The van der Waals surface area contributed by atoms with Crippen LogP contribution in [0.4, 0.5) is 5.69 Å². The second-order valence-electron chi connectivity index (χ2n) is 4.52. The SMILES string of the molecule is CC(C)c1nc(Br)cc(Oc2ccc([N+](=O)[O-])cc2Cl)n1. The van der Waals surface area contributed by atoms with Gasteiger partial charge in [-0.3, -0.25) is 10.1 Å². The Morgan fingerprint density at radius 2 is 2.05 bits per heavy atom. The normalized spacial score (nSPS) is 10.7. The summed E-state index contributed by atoms with van der Waals surface area (Å²) in [5, 5.41) is 10.8. The van der Waals surface area contributed by atoms with Gasteiger partial charge in [0.25, 0.3) is 5.69 Å². The van der Waals surface area contributed by atoms with Crippen LogP contribution in [0.25, 0.3) is 0 Å². The monoisotopic (exact) mass is 371 g/mol. The van der Waals surface area contributed by atoms with Gasteiger partial charge in [0.2, 0.25) is 5.88 Å². The number of non-ortho nitro benzene ring substituents is 1. The Kier molecular flexibility index (Phi) is 4.74. The van der Waals surface area contributed by atoms with Crippen LogP contribution in [-0.2, 0) is 0 Å². The highest BCUT2D eigenvalue weighted by atomic mass is 79.9. The number of ether oxygens (including phenoxy) is 1. The number of nitrogens with zero attached hydrogens (tertiary/aromatic N) is 3. The molecule has 1 heterocycles. The van der Waals surface area contributed by atoms with E-state index in [0.29, 0.717) is 22.1 Å². The van der Waals surface area contributed by atoms with E-state index in [-0.39, 0.29) is 16.6 Å². The number of aromatic nitrogens is 2. The summed E-state index contributed by atoms with van der Waals surface area (Å²) in [6, 6.07) is 5.59. The topological polar surface area (TPSA) is 78.2 Å². The van der Waals surface area contributed by atoms with Gasteiger partial charge in [-0.05, 0) is 22.0 Å². The van der Waals surface area contributed by atoms with Crippen molar-refractivity contribution in [2.75, 3.05) is 0 Å². The van der Waals surface area contributed by atoms with Gasteiger partial charge in [0, 0.05) is 24.1 Å². The van der Waals surface area contributed by atoms with Crippen molar-refractivity contribution in [3.05, 3.63) is 49.8 Å². The fourth-order valence-corrected chi connectivity index (χ4v) is 2.11. The zero-order valence-electron chi connectivity index (χ0n) is 11.2. The third-order valence-electron chi connectivity index (χ3n) is 2.55. The molecular formula is C13H11BrClN3O3. The van der Waals surface area contributed by atoms with Crippen molar-refractivity contribution < 1.29 is 9.66 Å². The molecule has 2 rings (SSSR count). The third-order valence-corrected chi connectivity index (χ3v) is 3.25. The van der Waals surface area contributed by atoms with Gasteiger partial charge in [0.05, 0.1) is 9.95 Å². The summed E-state index contributed by atoms with van der Waals surface area (Å²) in [7, 11) is 0. The lowest BCUT2D eigenvalue weighted by molar-refractivity contribution is -0.384. The molecule has 0 fully saturated rings. The van der Waals surface area contributed by atoms with Crippen LogP contribution in [0.3, 0.4) is 0 Å². The van der Waals surface area contributed by atoms with Crippen LogP contribution in [0.15, 0.2) is 28.9 Å². The predicted molar refractivity (Wildman–Crippen MR) is 82.0 cm³/mol. The predicted octanol–water partition coefficient (Wildman–Crippen LogP) is 4.72. The van der Waals surface area contributed by atoms with Gasteiger partial charge in [0.1, 0.15) is 16.2 Å². The largest absolute Gasteiger partial charge is 0.437 e. The van der Waals surface area contributed by atoms with Gasteiger partial charge >= 0.3 is 0 Å². The number of benzene rings is 1. The molecule has 8 heteroatoms. The van der Waals surface area contributed by atoms with Crippen LogP contribution in [0.1, 0.15) is 25.6 Å². The van der Waals surface area contributed by atoms with Crippen molar-refractivity contribution in [3.63, 3.8) is 0 Å². The molecular weight excluding hydrogens is 362 g/mol. The standard InChI is InChI=1S/C13H11BrClN3O3/c1-7(2)13-16-11(14)6-12(17-13)21-10-4-3-8(18(19)20)5-9(10)15/h3-7H,1-2H3. The molecule has 0 radical (unpaired) electrons. The molecule has 0 spiro atoms. The first kappa shape index (κ1) is 15.7. The van der Waals surface area contributed by atoms with Gasteiger partial charge < -0.3 is 4.74 Å². The second kappa shape index (κ2) is 6.36. The molecule has 0 saturated heterocycles.